The molecule has 0 aliphatic carbocycles. The fraction of sp³-hybridized carbons (Fsp3) is 0.818. The van der Waals surface area contributed by atoms with E-state index in [2.05, 4.69) is 4.74 Å². The lowest BCUT2D eigenvalue weighted by molar-refractivity contribution is -0.143. The van der Waals surface area contributed by atoms with E-state index in [0.29, 0.717) is 6.42 Å². The average molecular weight is 293 g/mol. The highest BCUT2D eigenvalue weighted by molar-refractivity contribution is 7.91. The Morgan fingerprint density at radius 3 is 2.47 bits per heavy atom. The second-order valence-electron chi connectivity index (χ2n) is 4.40. The molecule has 1 rings (SSSR count). The molecular weight excluding hydrogens is 274 g/mol. The molecule has 0 aromatic heterocycles. The summed E-state index contributed by atoms with van der Waals surface area (Å²) in [6.45, 7) is 0.0206. The summed E-state index contributed by atoms with van der Waals surface area (Å²) < 4.78 is 32.2. The molecule has 0 bridgehead atoms. The standard InChI is InChI=1S/C11H19NO6S/c1-17-7-10(13)12(5-3-11(14)18-2)9-4-6-19(15,16)8-9/h9H,3-8H2,1-2H3/t9-/m1/s1. The normalized spacial score (nSPS) is 21.1. The maximum Gasteiger partial charge on any atom is 0.307 e. The first-order valence-corrected chi connectivity index (χ1v) is 7.77. The molecule has 0 saturated carbocycles. The van der Waals surface area contributed by atoms with Crippen LogP contribution in [0.4, 0.5) is 0 Å². The third kappa shape index (κ3) is 4.79. The van der Waals surface area contributed by atoms with Gasteiger partial charge < -0.3 is 14.4 Å². The monoisotopic (exact) mass is 293 g/mol. The zero-order chi connectivity index (χ0) is 14.5. The summed E-state index contributed by atoms with van der Waals surface area (Å²) in [5.41, 5.74) is 0. The van der Waals surface area contributed by atoms with E-state index in [9.17, 15) is 18.0 Å². The van der Waals surface area contributed by atoms with Crippen molar-refractivity contribution in [2.24, 2.45) is 0 Å². The van der Waals surface area contributed by atoms with Crippen LogP contribution in [-0.2, 0) is 28.9 Å². The Morgan fingerprint density at radius 2 is 2.00 bits per heavy atom. The quantitative estimate of drug-likeness (QED) is 0.596. The maximum atomic E-state index is 11.9. The van der Waals surface area contributed by atoms with Gasteiger partial charge in [-0.15, -0.1) is 0 Å². The number of esters is 1. The Hall–Kier alpha value is -1.15. The third-order valence-corrected chi connectivity index (χ3v) is 4.77. The molecule has 8 heteroatoms. The molecular formula is C11H19NO6S. The van der Waals surface area contributed by atoms with Crippen LogP contribution in [0.3, 0.4) is 0 Å². The van der Waals surface area contributed by atoms with Gasteiger partial charge in [-0.3, -0.25) is 9.59 Å². The van der Waals surface area contributed by atoms with Crippen molar-refractivity contribution < 1.29 is 27.5 Å². The lowest BCUT2D eigenvalue weighted by Crippen LogP contribution is -2.44. The van der Waals surface area contributed by atoms with E-state index in [0.717, 1.165) is 0 Å². The summed E-state index contributed by atoms with van der Waals surface area (Å²) in [4.78, 5) is 24.4. The van der Waals surface area contributed by atoms with Crippen LogP contribution >= 0.6 is 0 Å². The number of hydrogen-bond acceptors (Lipinski definition) is 6. The minimum absolute atomic E-state index is 0.0441. The molecule has 0 aromatic carbocycles. The molecule has 0 aromatic rings. The van der Waals surface area contributed by atoms with Crippen molar-refractivity contribution in [2.45, 2.75) is 18.9 Å². The van der Waals surface area contributed by atoms with Crippen LogP contribution in [0.2, 0.25) is 0 Å². The lowest BCUT2D eigenvalue weighted by atomic mass is 10.2. The number of ether oxygens (including phenoxy) is 2. The van der Waals surface area contributed by atoms with Gasteiger partial charge in [0.25, 0.3) is 0 Å². The molecule has 1 fully saturated rings. The predicted molar refractivity (Wildman–Crippen MR) is 67.3 cm³/mol. The molecule has 0 unspecified atom stereocenters. The smallest absolute Gasteiger partial charge is 0.307 e. The van der Waals surface area contributed by atoms with Gasteiger partial charge in [-0.25, -0.2) is 8.42 Å². The SMILES string of the molecule is COCC(=O)N(CCC(=O)OC)[C@@H]1CCS(=O)(=O)C1. The number of carbonyl (C=O) groups is 2. The van der Waals surface area contributed by atoms with Crippen molar-refractivity contribution in [3.05, 3.63) is 0 Å². The first-order valence-electron chi connectivity index (χ1n) is 5.95. The van der Waals surface area contributed by atoms with E-state index < -0.39 is 15.8 Å². The zero-order valence-electron chi connectivity index (χ0n) is 11.1. The van der Waals surface area contributed by atoms with E-state index in [4.69, 9.17) is 4.74 Å². The topological polar surface area (TPSA) is 90.0 Å². The van der Waals surface area contributed by atoms with Crippen molar-refractivity contribution in [3.63, 3.8) is 0 Å². The average Bonchev–Trinajstić information content (AvgIpc) is 2.70. The molecule has 1 heterocycles. The number of nitrogens with zero attached hydrogens (tertiary/aromatic N) is 1. The molecule has 19 heavy (non-hydrogen) atoms. The van der Waals surface area contributed by atoms with Crippen molar-refractivity contribution in [1.29, 1.82) is 0 Å². The predicted octanol–water partition coefficient (Wildman–Crippen LogP) is -0.788. The highest BCUT2D eigenvalue weighted by Gasteiger charge is 2.34. The van der Waals surface area contributed by atoms with E-state index in [1.54, 1.807) is 0 Å². The van der Waals surface area contributed by atoms with Crippen LogP contribution in [0.25, 0.3) is 0 Å². The zero-order valence-corrected chi connectivity index (χ0v) is 11.9. The summed E-state index contributed by atoms with van der Waals surface area (Å²) in [6.07, 6.45) is 0.446. The van der Waals surface area contributed by atoms with E-state index >= 15 is 0 Å². The number of hydrogen-bond donors (Lipinski definition) is 0. The highest BCUT2D eigenvalue weighted by Crippen LogP contribution is 2.18. The van der Waals surface area contributed by atoms with Gasteiger partial charge in [-0.2, -0.15) is 0 Å². The Bertz CT molecular complexity index is 432. The second kappa shape index (κ2) is 6.85. The van der Waals surface area contributed by atoms with Gasteiger partial charge in [-0.1, -0.05) is 0 Å². The van der Waals surface area contributed by atoms with Gasteiger partial charge in [0.1, 0.15) is 6.61 Å². The van der Waals surface area contributed by atoms with Crippen LogP contribution in [0.5, 0.6) is 0 Å². The van der Waals surface area contributed by atoms with Gasteiger partial charge >= 0.3 is 5.97 Å². The number of amides is 1. The molecule has 1 saturated heterocycles. The lowest BCUT2D eigenvalue weighted by Gasteiger charge is -2.27. The molecule has 1 atom stereocenters. The molecule has 1 amide bonds. The van der Waals surface area contributed by atoms with Crippen molar-refractivity contribution >= 4 is 21.7 Å². The maximum absolute atomic E-state index is 11.9. The van der Waals surface area contributed by atoms with Crippen LogP contribution in [-0.4, -0.2) is 70.1 Å². The Morgan fingerprint density at radius 1 is 1.32 bits per heavy atom. The fourth-order valence-corrected chi connectivity index (χ4v) is 3.78. The van der Waals surface area contributed by atoms with Gasteiger partial charge in [0.15, 0.2) is 9.84 Å². The Labute approximate surface area is 112 Å². The highest BCUT2D eigenvalue weighted by atomic mass is 32.2. The molecule has 0 spiro atoms. The Balaban J connectivity index is 2.69. The molecule has 0 N–H and O–H groups in total. The fourth-order valence-electron chi connectivity index (χ4n) is 2.05. The summed E-state index contributed by atoms with van der Waals surface area (Å²) >= 11 is 0. The largest absolute Gasteiger partial charge is 0.469 e. The van der Waals surface area contributed by atoms with Gasteiger partial charge in [0, 0.05) is 19.7 Å². The Kier molecular flexibility index (Phi) is 5.74. The minimum Gasteiger partial charge on any atom is -0.469 e. The summed E-state index contributed by atoms with van der Waals surface area (Å²) in [7, 11) is -0.426. The summed E-state index contributed by atoms with van der Waals surface area (Å²) in [5, 5.41) is 0. The number of methoxy groups -OCH3 is 2. The summed E-state index contributed by atoms with van der Waals surface area (Å²) in [6, 6.07) is -0.377. The van der Waals surface area contributed by atoms with E-state index in [-0.39, 0.29) is 43.0 Å². The van der Waals surface area contributed by atoms with Crippen LogP contribution in [0.1, 0.15) is 12.8 Å². The minimum atomic E-state index is -3.08. The molecule has 7 nitrogen and oxygen atoms in total. The number of carbonyl (C=O) groups excluding carboxylic acids is 2. The van der Waals surface area contributed by atoms with Crippen molar-refractivity contribution in [1.82, 2.24) is 4.90 Å². The van der Waals surface area contributed by atoms with E-state index in [1.807, 2.05) is 0 Å². The first kappa shape index (κ1) is 15.9. The van der Waals surface area contributed by atoms with Gasteiger partial charge in [0.05, 0.1) is 25.0 Å². The van der Waals surface area contributed by atoms with Crippen molar-refractivity contribution in [3.8, 4) is 0 Å². The molecule has 0 radical (unpaired) electrons. The van der Waals surface area contributed by atoms with Crippen molar-refractivity contribution in [2.75, 3.05) is 38.9 Å². The van der Waals surface area contributed by atoms with Crippen LogP contribution < -0.4 is 0 Å². The van der Waals surface area contributed by atoms with E-state index in [1.165, 1.54) is 19.1 Å². The number of rotatable bonds is 6. The van der Waals surface area contributed by atoms with Gasteiger partial charge in [-0.05, 0) is 6.42 Å². The molecule has 110 valence electrons. The van der Waals surface area contributed by atoms with Crippen LogP contribution in [0.15, 0.2) is 0 Å². The third-order valence-electron chi connectivity index (χ3n) is 3.02. The summed E-state index contributed by atoms with van der Waals surface area (Å²) in [5.74, 6) is -0.722. The first-order chi connectivity index (χ1) is 8.89. The second-order valence-corrected chi connectivity index (χ2v) is 6.63. The van der Waals surface area contributed by atoms with Crippen LogP contribution in [0, 0.1) is 0 Å². The van der Waals surface area contributed by atoms with Gasteiger partial charge in [0.2, 0.25) is 5.91 Å². The number of sulfone groups is 1. The molecule has 1 aliphatic rings. The molecule has 1 aliphatic heterocycles.